The fraction of sp³-hybridized carbons (Fsp3) is 0.714. The Bertz CT molecular complexity index is 174. The predicted molar refractivity (Wildman–Crippen MR) is 57.6 cm³/mol. The van der Waals surface area contributed by atoms with Crippen LogP contribution in [0.3, 0.4) is 0 Å². The highest BCUT2D eigenvalue weighted by Crippen LogP contribution is 1.98. The van der Waals surface area contributed by atoms with Crippen molar-refractivity contribution in [2.45, 2.75) is 6.42 Å². The lowest BCUT2D eigenvalue weighted by atomic mass is 10.5. The van der Waals surface area contributed by atoms with Crippen molar-refractivity contribution in [3.8, 4) is 6.19 Å². The molecule has 0 saturated carbocycles. The van der Waals surface area contributed by atoms with E-state index in [9.17, 15) is 0 Å². The summed E-state index contributed by atoms with van der Waals surface area (Å²) in [6, 6.07) is 0. The third-order valence-electron chi connectivity index (χ3n) is 1.12. The largest absolute Gasteiger partial charge is 0.272 e. The van der Waals surface area contributed by atoms with Crippen LogP contribution in [0, 0.1) is 11.5 Å². The van der Waals surface area contributed by atoms with Crippen LogP contribution in [-0.2, 0) is 0 Å². The highest BCUT2D eigenvalue weighted by Gasteiger charge is 1.92. The van der Waals surface area contributed by atoms with E-state index in [1.54, 1.807) is 0 Å². The Morgan fingerprint density at radius 3 is 2.83 bits per heavy atom. The van der Waals surface area contributed by atoms with Crippen molar-refractivity contribution < 1.29 is 0 Å². The highest BCUT2D eigenvalue weighted by molar-refractivity contribution is 8.13. The zero-order valence-electron chi connectivity index (χ0n) is 7.33. The molecule has 0 aliphatic rings. The zero-order chi connectivity index (χ0) is 9.23. The van der Waals surface area contributed by atoms with Crippen LogP contribution in [-0.4, -0.2) is 30.0 Å². The Labute approximate surface area is 82.0 Å². The SMILES string of the molecule is CSCCCN=C(NC#N)SC. The molecule has 3 nitrogen and oxygen atoms in total. The summed E-state index contributed by atoms with van der Waals surface area (Å²) in [6.45, 7) is 0.797. The molecule has 0 aromatic heterocycles. The summed E-state index contributed by atoms with van der Waals surface area (Å²) in [6.07, 6.45) is 6.90. The van der Waals surface area contributed by atoms with Crippen LogP contribution in [0.1, 0.15) is 6.42 Å². The molecule has 68 valence electrons. The van der Waals surface area contributed by atoms with Crippen molar-refractivity contribution in [3.63, 3.8) is 0 Å². The summed E-state index contributed by atoms with van der Waals surface area (Å²) in [7, 11) is 0. The fourth-order valence-electron chi connectivity index (χ4n) is 0.592. The van der Waals surface area contributed by atoms with Crippen molar-refractivity contribution in [2.75, 3.05) is 24.8 Å². The van der Waals surface area contributed by atoms with Gasteiger partial charge in [-0.2, -0.15) is 17.0 Å². The number of nitriles is 1. The summed E-state index contributed by atoms with van der Waals surface area (Å²) in [5.41, 5.74) is 0. The molecule has 0 bridgehead atoms. The summed E-state index contributed by atoms with van der Waals surface area (Å²) in [5, 5.41) is 11.5. The molecular formula is C7H13N3S2. The number of aliphatic imine (C=N–C) groups is 1. The Hall–Kier alpha value is -0.340. The maximum atomic E-state index is 8.31. The van der Waals surface area contributed by atoms with Crippen LogP contribution in [0.5, 0.6) is 0 Å². The van der Waals surface area contributed by atoms with E-state index in [1.807, 2.05) is 24.2 Å². The molecule has 0 amide bonds. The lowest BCUT2D eigenvalue weighted by Crippen LogP contribution is -2.13. The third kappa shape index (κ3) is 6.38. The number of thioether (sulfide) groups is 2. The first-order chi connectivity index (χ1) is 5.85. The second kappa shape index (κ2) is 8.75. The number of rotatable bonds is 4. The Balaban J connectivity index is 3.56. The van der Waals surface area contributed by atoms with Crippen LogP contribution in [0.2, 0.25) is 0 Å². The first kappa shape index (κ1) is 11.7. The van der Waals surface area contributed by atoms with Crippen molar-refractivity contribution in [2.24, 2.45) is 4.99 Å². The molecule has 0 aromatic carbocycles. The second-order valence-electron chi connectivity index (χ2n) is 1.97. The molecule has 0 atom stereocenters. The summed E-state index contributed by atoms with van der Waals surface area (Å²) in [5.74, 6) is 1.12. The molecule has 0 aromatic rings. The van der Waals surface area contributed by atoms with Crippen molar-refractivity contribution in [1.82, 2.24) is 5.32 Å². The lowest BCUT2D eigenvalue weighted by Gasteiger charge is -1.98. The van der Waals surface area contributed by atoms with Crippen LogP contribution in [0.4, 0.5) is 0 Å². The Morgan fingerprint density at radius 1 is 1.58 bits per heavy atom. The molecule has 0 radical (unpaired) electrons. The van der Waals surface area contributed by atoms with E-state index in [0.29, 0.717) is 5.17 Å². The van der Waals surface area contributed by atoms with Gasteiger partial charge in [0.2, 0.25) is 0 Å². The molecule has 12 heavy (non-hydrogen) atoms. The van der Waals surface area contributed by atoms with Crippen LogP contribution >= 0.6 is 23.5 Å². The second-order valence-corrected chi connectivity index (χ2v) is 3.75. The van der Waals surface area contributed by atoms with Gasteiger partial charge in [0.25, 0.3) is 0 Å². The third-order valence-corrected chi connectivity index (χ3v) is 2.43. The maximum Gasteiger partial charge on any atom is 0.183 e. The predicted octanol–water partition coefficient (Wildman–Crippen LogP) is 1.53. The molecule has 0 aliphatic carbocycles. The lowest BCUT2D eigenvalue weighted by molar-refractivity contribution is 0.941. The van der Waals surface area contributed by atoms with E-state index in [2.05, 4.69) is 16.6 Å². The monoisotopic (exact) mass is 203 g/mol. The summed E-state index contributed by atoms with van der Waals surface area (Å²) < 4.78 is 0. The van der Waals surface area contributed by atoms with Gasteiger partial charge in [0.05, 0.1) is 0 Å². The molecule has 0 rings (SSSR count). The van der Waals surface area contributed by atoms with Gasteiger partial charge in [-0.1, -0.05) is 11.8 Å². The Morgan fingerprint density at radius 2 is 2.33 bits per heavy atom. The van der Waals surface area contributed by atoms with E-state index in [4.69, 9.17) is 5.26 Å². The molecule has 5 heteroatoms. The highest BCUT2D eigenvalue weighted by atomic mass is 32.2. The van der Waals surface area contributed by atoms with Gasteiger partial charge in [-0.3, -0.25) is 10.3 Å². The normalized spacial score (nSPS) is 10.9. The van der Waals surface area contributed by atoms with Crippen molar-refractivity contribution in [1.29, 1.82) is 5.26 Å². The van der Waals surface area contributed by atoms with Gasteiger partial charge >= 0.3 is 0 Å². The van der Waals surface area contributed by atoms with Gasteiger partial charge < -0.3 is 0 Å². The van der Waals surface area contributed by atoms with Gasteiger partial charge in [0.1, 0.15) is 0 Å². The zero-order valence-corrected chi connectivity index (χ0v) is 8.97. The molecule has 0 unspecified atom stereocenters. The topological polar surface area (TPSA) is 48.2 Å². The number of hydrogen-bond acceptors (Lipinski definition) is 4. The number of nitrogens with zero attached hydrogens (tertiary/aromatic N) is 2. The van der Waals surface area contributed by atoms with E-state index in [-0.39, 0.29) is 0 Å². The number of hydrogen-bond donors (Lipinski definition) is 1. The first-order valence-electron chi connectivity index (χ1n) is 3.57. The van der Waals surface area contributed by atoms with E-state index >= 15 is 0 Å². The van der Waals surface area contributed by atoms with Crippen LogP contribution in [0.15, 0.2) is 4.99 Å². The average Bonchev–Trinajstić information content (AvgIpc) is 2.10. The molecule has 0 spiro atoms. The Kier molecular flexibility index (Phi) is 8.51. The quantitative estimate of drug-likeness (QED) is 0.247. The average molecular weight is 203 g/mol. The standard InChI is InChI=1S/C7H13N3S2/c1-11-5-3-4-9-7(12-2)10-6-8/h3-5H2,1-2H3,(H,9,10). The van der Waals surface area contributed by atoms with Gasteiger partial charge in [0.15, 0.2) is 11.4 Å². The summed E-state index contributed by atoms with van der Waals surface area (Å²) in [4.78, 5) is 4.20. The van der Waals surface area contributed by atoms with Crippen LogP contribution < -0.4 is 5.32 Å². The van der Waals surface area contributed by atoms with E-state index in [1.165, 1.54) is 11.8 Å². The van der Waals surface area contributed by atoms with Crippen molar-refractivity contribution in [3.05, 3.63) is 0 Å². The van der Waals surface area contributed by atoms with Crippen molar-refractivity contribution >= 4 is 28.7 Å². The van der Waals surface area contributed by atoms with Gasteiger partial charge in [0, 0.05) is 6.54 Å². The minimum atomic E-state index is 0.707. The smallest absolute Gasteiger partial charge is 0.183 e. The molecule has 0 aliphatic heterocycles. The van der Waals surface area contributed by atoms with Gasteiger partial charge in [-0.15, -0.1) is 0 Å². The maximum absolute atomic E-state index is 8.31. The van der Waals surface area contributed by atoms with E-state index in [0.717, 1.165) is 18.7 Å². The minimum Gasteiger partial charge on any atom is -0.272 e. The van der Waals surface area contributed by atoms with Gasteiger partial charge in [-0.05, 0) is 24.7 Å². The minimum absolute atomic E-state index is 0.707. The summed E-state index contributed by atoms with van der Waals surface area (Å²) >= 11 is 3.27. The van der Waals surface area contributed by atoms with Crippen LogP contribution in [0.25, 0.3) is 0 Å². The molecule has 0 heterocycles. The van der Waals surface area contributed by atoms with Gasteiger partial charge in [-0.25, -0.2) is 0 Å². The molecule has 1 N–H and O–H groups in total. The number of amidine groups is 1. The molecule has 0 saturated heterocycles. The first-order valence-corrected chi connectivity index (χ1v) is 6.19. The number of nitrogens with one attached hydrogen (secondary N) is 1. The molecule has 0 fully saturated rings. The molecular weight excluding hydrogens is 190 g/mol. The fourth-order valence-corrected chi connectivity index (χ4v) is 1.38. The van der Waals surface area contributed by atoms with E-state index < -0.39 is 0 Å².